The van der Waals surface area contributed by atoms with Crippen molar-refractivity contribution in [3.63, 3.8) is 0 Å². The molecule has 0 radical (unpaired) electrons. The van der Waals surface area contributed by atoms with Crippen molar-refractivity contribution in [1.82, 2.24) is 15.1 Å². The average molecular weight is 321 g/mol. The van der Waals surface area contributed by atoms with E-state index in [1.54, 1.807) is 11.3 Å². The van der Waals surface area contributed by atoms with E-state index in [0.717, 1.165) is 24.9 Å². The molecule has 22 heavy (non-hydrogen) atoms. The van der Waals surface area contributed by atoms with E-state index in [2.05, 4.69) is 10.2 Å². The first kappa shape index (κ1) is 15.2. The fourth-order valence-electron chi connectivity index (χ4n) is 2.67. The Kier molecular flexibility index (Phi) is 4.84. The fourth-order valence-corrected chi connectivity index (χ4v) is 3.30. The van der Waals surface area contributed by atoms with Crippen molar-refractivity contribution in [3.8, 4) is 11.5 Å². The Balaban J connectivity index is 1.53. The first-order chi connectivity index (χ1) is 10.8. The van der Waals surface area contributed by atoms with E-state index in [1.807, 2.05) is 21.7 Å². The largest absolute Gasteiger partial charge is 0.421 e. The number of nitrogens with zero attached hydrogens (tertiary/aromatic N) is 3. The van der Waals surface area contributed by atoms with Gasteiger partial charge in [0, 0.05) is 43.5 Å². The van der Waals surface area contributed by atoms with Gasteiger partial charge in [-0.1, -0.05) is 0 Å². The van der Waals surface area contributed by atoms with Crippen LogP contribution in [0.15, 0.2) is 21.2 Å². The molecule has 7 heteroatoms. The lowest BCUT2D eigenvalue weighted by molar-refractivity contribution is -0.133. The minimum atomic E-state index is 0.0911. The van der Waals surface area contributed by atoms with Crippen LogP contribution in [0.25, 0.3) is 11.5 Å². The molecule has 0 bridgehead atoms. The van der Waals surface area contributed by atoms with Gasteiger partial charge in [-0.3, -0.25) is 4.79 Å². The van der Waals surface area contributed by atoms with Crippen LogP contribution in [0, 0.1) is 5.92 Å². The summed E-state index contributed by atoms with van der Waals surface area (Å²) in [7, 11) is 0. The number of thiophene rings is 1. The molecular weight excluding hydrogens is 302 g/mol. The number of aliphatic hydroxyl groups excluding tert-OH is 1. The number of carbonyl (C=O) groups is 1. The average Bonchev–Trinajstić information content (AvgIpc) is 3.23. The van der Waals surface area contributed by atoms with E-state index in [-0.39, 0.29) is 18.4 Å². The molecule has 6 nitrogen and oxygen atoms in total. The second-order valence-electron chi connectivity index (χ2n) is 5.54. The molecule has 1 aliphatic rings. The first-order valence-corrected chi connectivity index (χ1v) is 8.44. The molecule has 1 N–H and O–H groups in total. The van der Waals surface area contributed by atoms with Crippen LogP contribution in [0.1, 0.15) is 25.2 Å². The van der Waals surface area contributed by atoms with Crippen molar-refractivity contribution in [2.24, 2.45) is 5.92 Å². The topological polar surface area (TPSA) is 79.5 Å². The van der Waals surface area contributed by atoms with Crippen molar-refractivity contribution in [2.75, 3.05) is 19.7 Å². The van der Waals surface area contributed by atoms with Crippen LogP contribution in [-0.4, -0.2) is 45.8 Å². The number of aryl methyl sites for hydroxylation is 1. The number of aliphatic hydroxyl groups is 1. The van der Waals surface area contributed by atoms with E-state index < -0.39 is 0 Å². The summed E-state index contributed by atoms with van der Waals surface area (Å²) in [6.07, 6.45) is 2.77. The van der Waals surface area contributed by atoms with E-state index in [4.69, 9.17) is 4.42 Å². The zero-order valence-electron chi connectivity index (χ0n) is 12.3. The molecule has 0 saturated carbocycles. The minimum Gasteiger partial charge on any atom is -0.421 e. The van der Waals surface area contributed by atoms with Crippen LogP contribution in [0.2, 0.25) is 0 Å². The van der Waals surface area contributed by atoms with Crippen LogP contribution < -0.4 is 0 Å². The van der Waals surface area contributed by atoms with Crippen LogP contribution in [0.5, 0.6) is 0 Å². The van der Waals surface area contributed by atoms with Gasteiger partial charge in [0.05, 0.1) is 0 Å². The Morgan fingerprint density at radius 1 is 1.50 bits per heavy atom. The van der Waals surface area contributed by atoms with Gasteiger partial charge in [0.25, 0.3) is 0 Å². The predicted molar refractivity (Wildman–Crippen MR) is 82.3 cm³/mol. The van der Waals surface area contributed by atoms with E-state index in [0.29, 0.717) is 31.2 Å². The molecule has 3 heterocycles. The molecule has 1 atom stereocenters. The normalized spacial score (nSPS) is 18.6. The molecule has 2 aromatic heterocycles. The Hall–Kier alpha value is -1.73. The predicted octanol–water partition coefficient (Wildman–Crippen LogP) is 1.96. The molecule has 0 aliphatic carbocycles. The van der Waals surface area contributed by atoms with Crippen molar-refractivity contribution in [1.29, 1.82) is 0 Å². The van der Waals surface area contributed by atoms with Gasteiger partial charge in [-0.15, -0.1) is 10.2 Å². The summed E-state index contributed by atoms with van der Waals surface area (Å²) >= 11 is 1.57. The van der Waals surface area contributed by atoms with Gasteiger partial charge in [0.2, 0.25) is 17.7 Å². The smallest absolute Gasteiger partial charge is 0.248 e. The lowest BCUT2D eigenvalue weighted by Gasteiger charge is -2.31. The number of likely N-dealkylation sites (tertiary alicyclic amines) is 1. The summed E-state index contributed by atoms with van der Waals surface area (Å²) in [4.78, 5) is 14.1. The summed E-state index contributed by atoms with van der Waals surface area (Å²) in [5.41, 5.74) is 0.914. The van der Waals surface area contributed by atoms with Crippen molar-refractivity contribution < 1.29 is 14.3 Å². The van der Waals surface area contributed by atoms with Crippen molar-refractivity contribution >= 4 is 17.2 Å². The molecule has 3 rings (SSSR count). The highest BCUT2D eigenvalue weighted by Crippen LogP contribution is 2.21. The summed E-state index contributed by atoms with van der Waals surface area (Å²) in [6.45, 7) is 1.58. The van der Waals surface area contributed by atoms with E-state index in [1.165, 1.54) is 0 Å². The molecule has 1 unspecified atom stereocenters. The maximum Gasteiger partial charge on any atom is 0.248 e. The third-order valence-electron chi connectivity index (χ3n) is 3.92. The molecule has 2 aromatic rings. The molecule has 1 amide bonds. The Morgan fingerprint density at radius 2 is 2.41 bits per heavy atom. The highest BCUT2D eigenvalue weighted by Gasteiger charge is 2.23. The van der Waals surface area contributed by atoms with Crippen LogP contribution in [0.3, 0.4) is 0 Å². The maximum absolute atomic E-state index is 12.2. The Morgan fingerprint density at radius 3 is 3.18 bits per heavy atom. The summed E-state index contributed by atoms with van der Waals surface area (Å²) in [5.74, 6) is 1.30. The SMILES string of the molecule is O=C(CCc1nnc(-c2ccsc2)o1)N1CCCC(CO)C1. The second kappa shape index (κ2) is 7.02. The standard InChI is InChI=1S/C15H19N3O3S/c19-9-11-2-1-6-18(8-11)14(20)4-3-13-16-17-15(21-13)12-5-7-22-10-12/h5,7,10-11,19H,1-4,6,8-9H2. The number of amides is 1. The highest BCUT2D eigenvalue weighted by atomic mass is 32.1. The minimum absolute atomic E-state index is 0.0911. The second-order valence-corrected chi connectivity index (χ2v) is 6.32. The maximum atomic E-state index is 12.2. The third-order valence-corrected chi connectivity index (χ3v) is 4.60. The monoisotopic (exact) mass is 321 g/mol. The van der Waals surface area contributed by atoms with E-state index in [9.17, 15) is 9.90 Å². The number of piperidine rings is 1. The van der Waals surface area contributed by atoms with Gasteiger partial charge < -0.3 is 14.4 Å². The zero-order valence-corrected chi connectivity index (χ0v) is 13.1. The summed E-state index contributed by atoms with van der Waals surface area (Å²) < 4.78 is 5.58. The fraction of sp³-hybridized carbons (Fsp3) is 0.533. The molecule has 0 spiro atoms. The van der Waals surface area contributed by atoms with E-state index >= 15 is 0 Å². The Labute approximate surface area is 132 Å². The van der Waals surface area contributed by atoms with Gasteiger partial charge >= 0.3 is 0 Å². The molecule has 1 saturated heterocycles. The zero-order chi connectivity index (χ0) is 15.4. The van der Waals surface area contributed by atoms with Gasteiger partial charge in [-0.2, -0.15) is 11.3 Å². The first-order valence-electron chi connectivity index (χ1n) is 7.50. The van der Waals surface area contributed by atoms with Gasteiger partial charge in [0.15, 0.2) is 0 Å². The lowest BCUT2D eigenvalue weighted by Crippen LogP contribution is -2.41. The van der Waals surface area contributed by atoms with Crippen molar-refractivity contribution in [2.45, 2.75) is 25.7 Å². The number of hydrogen-bond acceptors (Lipinski definition) is 6. The molecule has 1 fully saturated rings. The molecule has 0 aromatic carbocycles. The van der Waals surface area contributed by atoms with Crippen LogP contribution in [0.4, 0.5) is 0 Å². The highest BCUT2D eigenvalue weighted by molar-refractivity contribution is 7.08. The van der Waals surface area contributed by atoms with Gasteiger partial charge in [-0.25, -0.2) is 0 Å². The quantitative estimate of drug-likeness (QED) is 0.910. The lowest BCUT2D eigenvalue weighted by atomic mass is 9.99. The van der Waals surface area contributed by atoms with Crippen LogP contribution in [-0.2, 0) is 11.2 Å². The summed E-state index contributed by atoms with van der Waals surface area (Å²) in [5, 5.41) is 21.1. The Bertz CT molecular complexity index is 611. The van der Waals surface area contributed by atoms with Crippen LogP contribution >= 0.6 is 11.3 Å². The number of carbonyl (C=O) groups excluding carboxylic acids is 1. The third kappa shape index (κ3) is 3.53. The van der Waals surface area contributed by atoms with Gasteiger partial charge in [0.1, 0.15) is 0 Å². The number of hydrogen-bond donors (Lipinski definition) is 1. The summed E-state index contributed by atoms with van der Waals surface area (Å²) in [6, 6.07) is 1.93. The molecule has 1 aliphatic heterocycles. The van der Waals surface area contributed by atoms with Crippen molar-refractivity contribution in [3.05, 3.63) is 22.7 Å². The molecule has 118 valence electrons. The molecular formula is C15H19N3O3S. The number of rotatable bonds is 5. The van der Waals surface area contributed by atoms with Gasteiger partial charge in [-0.05, 0) is 30.2 Å². The number of aromatic nitrogens is 2.